The first-order chi connectivity index (χ1) is 7.77. The Kier molecular flexibility index (Phi) is 5.54. The molecular formula is C12H17Br2ClO2. The van der Waals surface area contributed by atoms with E-state index in [0.717, 1.165) is 12.0 Å². The molecule has 1 aliphatic rings. The highest BCUT2D eigenvalue weighted by Gasteiger charge is 2.38. The Bertz CT molecular complexity index is 328. The van der Waals surface area contributed by atoms with Crippen LogP contribution in [0.25, 0.3) is 0 Å². The average Bonchev–Trinajstić information content (AvgIpc) is 2.21. The van der Waals surface area contributed by atoms with Gasteiger partial charge in [-0.15, -0.1) is 11.6 Å². The van der Waals surface area contributed by atoms with Gasteiger partial charge in [0.25, 0.3) is 0 Å². The summed E-state index contributed by atoms with van der Waals surface area (Å²) in [6.07, 6.45) is 2.75. The van der Waals surface area contributed by atoms with Crippen molar-refractivity contribution >= 4 is 49.4 Å². The fourth-order valence-corrected chi connectivity index (χ4v) is 3.02. The molecule has 0 fully saturated rings. The molecule has 17 heavy (non-hydrogen) atoms. The van der Waals surface area contributed by atoms with Crippen LogP contribution in [0.4, 0.5) is 0 Å². The number of esters is 1. The summed E-state index contributed by atoms with van der Waals surface area (Å²) in [6.45, 7) is 5.75. The molecule has 0 unspecified atom stereocenters. The zero-order valence-electron chi connectivity index (χ0n) is 10.2. The molecule has 0 spiro atoms. The van der Waals surface area contributed by atoms with E-state index in [4.69, 9.17) is 16.3 Å². The molecule has 0 heterocycles. The first-order valence-electron chi connectivity index (χ1n) is 5.52. The fraction of sp³-hybridized carbons (Fsp3) is 0.750. The lowest BCUT2D eigenvalue weighted by Gasteiger charge is -2.38. The quantitative estimate of drug-likeness (QED) is 0.414. The van der Waals surface area contributed by atoms with E-state index >= 15 is 0 Å². The van der Waals surface area contributed by atoms with Crippen LogP contribution in [0.15, 0.2) is 11.6 Å². The number of carbonyl (C=O) groups is 1. The van der Waals surface area contributed by atoms with Crippen molar-refractivity contribution in [2.75, 3.05) is 5.88 Å². The van der Waals surface area contributed by atoms with E-state index in [-0.39, 0.29) is 27.1 Å². The van der Waals surface area contributed by atoms with Crippen LogP contribution in [-0.2, 0) is 9.53 Å². The van der Waals surface area contributed by atoms with Crippen LogP contribution in [-0.4, -0.2) is 27.6 Å². The highest BCUT2D eigenvalue weighted by atomic mass is 79.9. The maximum Gasteiger partial charge on any atom is 0.303 e. The van der Waals surface area contributed by atoms with Gasteiger partial charge in [-0.2, -0.15) is 0 Å². The Hall–Kier alpha value is 0.460. The molecule has 0 aliphatic heterocycles. The summed E-state index contributed by atoms with van der Waals surface area (Å²) in [6, 6.07) is 0. The SMILES string of the molecule is CC(=O)O[C@@H]1C[C@H](Br)C(C)(C)C=C1[C@@H](Br)CCl. The molecule has 1 aliphatic carbocycles. The van der Waals surface area contributed by atoms with Gasteiger partial charge < -0.3 is 4.74 Å². The van der Waals surface area contributed by atoms with Gasteiger partial charge in [-0.25, -0.2) is 0 Å². The number of halogens is 3. The Morgan fingerprint density at radius 2 is 2.29 bits per heavy atom. The van der Waals surface area contributed by atoms with Crippen molar-refractivity contribution in [1.29, 1.82) is 0 Å². The molecular weight excluding hydrogens is 371 g/mol. The van der Waals surface area contributed by atoms with Gasteiger partial charge in [0.2, 0.25) is 0 Å². The summed E-state index contributed by atoms with van der Waals surface area (Å²) in [5.41, 5.74) is 1.10. The van der Waals surface area contributed by atoms with Crippen LogP contribution < -0.4 is 0 Å². The molecule has 0 aromatic heterocycles. The Morgan fingerprint density at radius 3 is 2.76 bits per heavy atom. The molecule has 0 amide bonds. The topological polar surface area (TPSA) is 26.3 Å². The van der Waals surface area contributed by atoms with Gasteiger partial charge in [0.05, 0.1) is 4.83 Å². The fourth-order valence-electron chi connectivity index (χ4n) is 1.94. The Morgan fingerprint density at radius 1 is 1.71 bits per heavy atom. The van der Waals surface area contributed by atoms with Crippen LogP contribution in [0.1, 0.15) is 27.2 Å². The van der Waals surface area contributed by atoms with Gasteiger partial charge in [0.15, 0.2) is 0 Å². The highest BCUT2D eigenvalue weighted by molar-refractivity contribution is 9.09. The zero-order valence-corrected chi connectivity index (χ0v) is 14.1. The predicted molar refractivity (Wildman–Crippen MR) is 78.2 cm³/mol. The normalized spacial score (nSPS) is 29.4. The Balaban J connectivity index is 3.00. The van der Waals surface area contributed by atoms with Crippen molar-refractivity contribution in [2.45, 2.75) is 43.0 Å². The van der Waals surface area contributed by atoms with Gasteiger partial charge in [0, 0.05) is 24.1 Å². The summed E-state index contributed by atoms with van der Waals surface area (Å²) < 4.78 is 5.36. The maximum absolute atomic E-state index is 11.1. The number of rotatable bonds is 3. The van der Waals surface area contributed by atoms with Crippen molar-refractivity contribution in [3.63, 3.8) is 0 Å². The number of hydrogen-bond acceptors (Lipinski definition) is 2. The second-order valence-corrected chi connectivity index (χ2v) is 7.41. The lowest BCUT2D eigenvalue weighted by atomic mass is 9.77. The van der Waals surface area contributed by atoms with Crippen molar-refractivity contribution < 1.29 is 9.53 Å². The molecule has 0 radical (unpaired) electrons. The summed E-state index contributed by atoms with van der Waals surface area (Å²) in [4.78, 5) is 11.5. The molecule has 0 saturated heterocycles. The molecule has 1 rings (SSSR count). The lowest BCUT2D eigenvalue weighted by Crippen LogP contribution is -2.38. The van der Waals surface area contributed by atoms with E-state index in [0.29, 0.717) is 5.88 Å². The van der Waals surface area contributed by atoms with Crippen LogP contribution in [0.3, 0.4) is 0 Å². The van der Waals surface area contributed by atoms with E-state index < -0.39 is 0 Å². The number of hydrogen-bond donors (Lipinski definition) is 0. The lowest BCUT2D eigenvalue weighted by molar-refractivity contribution is -0.145. The minimum atomic E-state index is -0.255. The van der Waals surface area contributed by atoms with Gasteiger partial charge in [-0.05, 0) is 11.0 Å². The van der Waals surface area contributed by atoms with E-state index in [1.54, 1.807) is 0 Å². The Labute approximate surface area is 124 Å². The molecule has 0 saturated carbocycles. The summed E-state index contributed by atoms with van der Waals surface area (Å²) in [5.74, 6) is 0.210. The second-order valence-electron chi connectivity index (χ2n) is 4.89. The monoisotopic (exact) mass is 386 g/mol. The van der Waals surface area contributed by atoms with Gasteiger partial charge >= 0.3 is 5.97 Å². The molecule has 3 atom stereocenters. The molecule has 5 heteroatoms. The van der Waals surface area contributed by atoms with Crippen LogP contribution in [0, 0.1) is 5.41 Å². The number of alkyl halides is 3. The molecule has 0 aromatic rings. The smallest absolute Gasteiger partial charge is 0.303 e. The summed E-state index contributed by atoms with van der Waals surface area (Å²) >= 11 is 13.1. The average molecular weight is 389 g/mol. The van der Waals surface area contributed by atoms with E-state index in [1.165, 1.54) is 6.92 Å². The highest BCUT2D eigenvalue weighted by Crippen LogP contribution is 2.41. The van der Waals surface area contributed by atoms with Crippen LogP contribution >= 0.6 is 43.5 Å². The van der Waals surface area contributed by atoms with Gasteiger partial charge in [0.1, 0.15) is 6.10 Å². The van der Waals surface area contributed by atoms with E-state index in [9.17, 15) is 4.79 Å². The van der Waals surface area contributed by atoms with Crippen molar-refractivity contribution in [3.05, 3.63) is 11.6 Å². The van der Waals surface area contributed by atoms with Gasteiger partial charge in [-0.1, -0.05) is 51.8 Å². The summed E-state index contributed by atoms with van der Waals surface area (Å²) in [7, 11) is 0. The third-order valence-electron chi connectivity index (χ3n) is 2.94. The van der Waals surface area contributed by atoms with Crippen LogP contribution in [0.2, 0.25) is 0 Å². The van der Waals surface area contributed by atoms with E-state index in [1.807, 2.05) is 0 Å². The standard InChI is InChI=1S/C12H17Br2ClO2/c1-7(16)17-10-4-11(14)12(2,3)5-8(10)9(13)6-15/h5,9-11H,4,6H2,1-3H3/t9-,10+,11-/m0/s1. The zero-order chi connectivity index (χ0) is 13.2. The second kappa shape index (κ2) is 6.07. The van der Waals surface area contributed by atoms with E-state index in [2.05, 4.69) is 51.8 Å². The van der Waals surface area contributed by atoms with Gasteiger partial charge in [-0.3, -0.25) is 4.79 Å². The molecule has 98 valence electrons. The first-order valence-corrected chi connectivity index (χ1v) is 7.88. The number of ether oxygens (including phenoxy) is 1. The first kappa shape index (κ1) is 15.5. The molecule has 0 aromatic carbocycles. The molecule has 2 nitrogen and oxygen atoms in total. The minimum Gasteiger partial charge on any atom is -0.458 e. The maximum atomic E-state index is 11.1. The number of carbonyl (C=O) groups excluding carboxylic acids is 1. The van der Waals surface area contributed by atoms with Crippen molar-refractivity contribution in [3.8, 4) is 0 Å². The predicted octanol–water partition coefficient (Wildman–Crippen LogP) is 4.04. The van der Waals surface area contributed by atoms with Crippen molar-refractivity contribution in [1.82, 2.24) is 0 Å². The molecule has 0 N–H and O–H groups in total. The molecule has 0 bridgehead atoms. The van der Waals surface area contributed by atoms with Crippen molar-refractivity contribution in [2.24, 2.45) is 5.41 Å². The third kappa shape index (κ3) is 3.97. The minimum absolute atomic E-state index is 0.0318. The number of allylic oxidation sites excluding steroid dienone is 1. The summed E-state index contributed by atoms with van der Waals surface area (Å²) in [5, 5.41) is 0. The largest absolute Gasteiger partial charge is 0.458 e. The van der Waals surface area contributed by atoms with Crippen LogP contribution in [0.5, 0.6) is 0 Å². The third-order valence-corrected chi connectivity index (χ3v) is 6.03.